The van der Waals surface area contributed by atoms with Gasteiger partial charge in [0.25, 0.3) is 0 Å². The molecular formula is C18H21FN6O2. The number of benzene rings is 1. The van der Waals surface area contributed by atoms with Crippen molar-refractivity contribution >= 4 is 17.8 Å². The van der Waals surface area contributed by atoms with Gasteiger partial charge in [-0.3, -0.25) is 15.0 Å². The van der Waals surface area contributed by atoms with Crippen LogP contribution in [0.15, 0.2) is 36.5 Å². The highest BCUT2D eigenvalue weighted by atomic mass is 19.1. The van der Waals surface area contributed by atoms with Crippen molar-refractivity contribution in [1.29, 1.82) is 0 Å². The maximum atomic E-state index is 13.4. The Kier molecular flexibility index (Phi) is 4.76. The van der Waals surface area contributed by atoms with Crippen LogP contribution in [0.2, 0.25) is 0 Å². The summed E-state index contributed by atoms with van der Waals surface area (Å²) in [6, 6.07) is 7.40. The second kappa shape index (κ2) is 7.36. The summed E-state index contributed by atoms with van der Waals surface area (Å²) in [4.78, 5) is 28.5. The molecule has 0 radical (unpaired) electrons. The van der Waals surface area contributed by atoms with E-state index in [0.717, 1.165) is 12.1 Å². The molecule has 2 aromatic rings. The molecule has 2 N–H and O–H groups in total. The predicted molar refractivity (Wildman–Crippen MR) is 96.7 cm³/mol. The number of hydrogen-bond donors (Lipinski definition) is 2. The molecule has 4 rings (SSSR count). The van der Waals surface area contributed by atoms with Crippen molar-refractivity contribution in [3.63, 3.8) is 0 Å². The van der Waals surface area contributed by atoms with E-state index < -0.39 is 0 Å². The second-order valence-electron chi connectivity index (χ2n) is 6.72. The first kappa shape index (κ1) is 17.5. The molecule has 1 aromatic heterocycles. The smallest absolute Gasteiger partial charge is 0.323 e. The lowest BCUT2D eigenvalue weighted by Gasteiger charge is -2.42. The van der Waals surface area contributed by atoms with E-state index in [1.165, 1.54) is 12.1 Å². The number of carbonyl (C=O) groups excluding carboxylic acids is 2. The molecule has 1 aromatic carbocycles. The monoisotopic (exact) mass is 372 g/mol. The number of anilines is 1. The summed E-state index contributed by atoms with van der Waals surface area (Å²) in [7, 11) is 0. The van der Waals surface area contributed by atoms with Crippen molar-refractivity contribution in [3.05, 3.63) is 47.9 Å². The Bertz CT molecular complexity index is 854. The van der Waals surface area contributed by atoms with Crippen molar-refractivity contribution in [2.75, 3.05) is 38.0 Å². The lowest BCUT2D eigenvalue weighted by Crippen LogP contribution is -2.64. The average Bonchev–Trinajstić information content (AvgIpc) is 3.08. The molecular weight excluding hydrogens is 351 g/mol. The van der Waals surface area contributed by atoms with Gasteiger partial charge in [0.2, 0.25) is 5.91 Å². The number of amides is 3. The van der Waals surface area contributed by atoms with E-state index in [-0.39, 0.29) is 23.8 Å². The molecule has 1 atom stereocenters. The van der Waals surface area contributed by atoms with Crippen molar-refractivity contribution in [2.24, 2.45) is 0 Å². The number of fused-ring (bicyclic) bond motifs is 1. The van der Waals surface area contributed by atoms with Crippen LogP contribution in [0.25, 0.3) is 0 Å². The molecule has 0 unspecified atom stereocenters. The van der Waals surface area contributed by atoms with Gasteiger partial charge in [0.15, 0.2) is 0 Å². The molecule has 142 valence electrons. The van der Waals surface area contributed by atoms with Crippen LogP contribution in [-0.4, -0.2) is 70.3 Å². The number of piperazine rings is 2. The SMILES string of the molecule is O=C1NCCN2CCN(C(=O)Nc3ccnn3Cc3cccc(F)c3)C[C@H]12. The van der Waals surface area contributed by atoms with Gasteiger partial charge in [-0.25, -0.2) is 13.9 Å². The zero-order valence-electron chi connectivity index (χ0n) is 14.8. The summed E-state index contributed by atoms with van der Waals surface area (Å²) in [5.41, 5.74) is 0.752. The molecule has 3 amide bonds. The first-order chi connectivity index (χ1) is 13.1. The Labute approximate surface area is 155 Å². The summed E-state index contributed by atoms with van der Waals surface area (Å²) in [6.07, 6.45) is 1.58. The average molecular weight is 372 g/mol. The van der Waals surface area contributed by atoms with Gasteiger partial charge in [-0.2, -0.15) is 5.10 Å². The fraction of sp³-hybridized carbons (Fsp3) is 0.389. The van der Waals surface area contributed by atoms with Crippen molar-refractivity contribution < 1.29 is 14.0 Å². The topological polar surface area (TPSA) is 82.5 Å². The molecule has 0 bridgehead atoms. The maximum Gasteiger partial charge on any atom is 0.323 e. The Morgan fingerprint density at radius 3 is 3.04 bits per heavy atom. The van der Waals surface area contributed by atoms with Gasteiger partial charge in [0, 0.05) is 38.8 Å². The lowest BCUT2D eigenvalue weighted by molar-refractivity contribution is -0.131. The summed E-state index contributed by atoms with van der Waals surface area (Å²) in [6.45, 7) is 3.41. The molecule has 27 heavy (non-hydrogen) atoms. The molecule has 3 heterocycles. The Hall–Kier alpha value is -2.94. The standard InChI is InChI=1S/C18H21FN6O2/c19-14-3-1-2-13(10-14)11-25-16(4-5-21-25)22-18(27)24-9-8-23-7-6-20-17(26)15(23)12-24/h1-5,10,15H,6-9,11-12H2,(H,20,26)(H,22,27)/t15-/m1/s1. The Morgan fingerprint density at radius 1 is 1.30 bits per heavy atom. The van der Waals surface area contributed by atoms with Crippen molar-refractivity contribution in [1.82, 2.24) is 24.9 Å². The lowest BCUT2D eigenvalue weighted by atomic mass is 10.1. The number of hydrogen-bond acceptors (Lipinski definition) is 4. The third kappa shape index (κ3) is 3.77. The number of nitrogens with zero attached hydrogens (tertiary/aromatic N) is 4. The van der Waals surface area contributed by atoms with E-state index in [4.69, 9.17) is 0 Å². The van der Waals surface area contributed by atoms with Gasteiger partial charge < -0.3 is 10.2 Å². The summed E-state index contributed by atoms with van der Waals surface area (Å²) >= 11 is 0. The number of halogens is 1. The van der Waals surface area contributed by atoms with Gasteiger partial charge in [-0.1, -0.05) is 12.1 Å². The molecule has 0 saturated carbocycles. The number of aromatic nitrogens is 2. The first-order valence-electron chi connectivity index (χ1n) is 8.94. The van der Waals surface area contributed by atoms with Gasteiger partial charge in [-0.15, -0.1) is 0 Å². The highest BCUT2D eigenvalue weighted by Gasteiger charge is 2.36. The zero-order valence-corrected chi connectivity index (χ0v) is 14.8. The van der Waals surface area contributed by atoms with E-state index in [2.05, 4.69) is 20.6 Å². The molecule has 2 aliphatic rings. The molecule has 0 spiro atoms. The number of carbonyl (C=O) groups is 2. The van der Waals surface area contributed by atoms with Crippen molar-refractivity contribution in [2.45, 2.75) is 12.6 Å². The van der Waals surface area contributed by atoms with Crippen LogP contribution >= 0.6 is 0 Å². The van der Waals surface area contributed by atoms with Crippen LogP contribution in [0, 0.1) is 5.82 Å². The van der Waals surface area contributed by atoms with Crippen LogP contribution in [0.1, 0.15) is 5.56 Å². The van der Waals surface area contributed by atoms with Gasteiger partial charge in [0.05, 0.1) is 12.7 Å². The van der Waals surface area contributed by atoms with Gasteiger partial charge in [0.1, 0.15) is 17.7 Å². The molecule has 2 saturated heterocycles. The number of urea groups is 1. The van der Waals surface area contributed by atoms with Crippen LogP contribution in [-0.2, 0) is 11.3 Å². The van der Waals surface area contributed by atoms with E-state index in [9.17, 15) is 14.0 Å². The molecule has 0 aliphatic carbocycles. The molecule has 2 fully saturated rings. The van der Waals surface area contributed by atoms with Gasteiger partial charge >= 0.3 is 6.03 Å². The summed E-state index contributed by atoms with van der Waals surface area (Å²) in [5, 5.41) is 9.90. The Morgan fingerprint density at radius 2 is 2.19 bits per heavy atom. The molecule has 9 heteroatoms. The summed E-state index contributed by atoms with van der Waals surface area (Å²) in [5.74, 6) is 0.184. The minimum absolute atomic E-state index is 0.0325. The largest absolute Gasteiger partial charge is 0.353 e. The third-order valence-corrected chi connectivity index (χ3v) is 4.95. The fourth-order valence-corrected chi connectivity index (χ4v) is 3.52. The predicted octanol–water partition coefficient (Wildman–Crippen LogP) is 0.718. The van der Waals surface area contributed by atoms with E-state index >= 15 is 0 Å². The van der Waals surface area contributed by atoms with E-state index in [1.807, 2.05) is 0 Å². The maximum absolute atomic E-state index is 13.4. The van der Waals surface area contributed by atoms with Crippen LogP contribution < -0.4 is 10.6 Å². The van der Waals surface area contributed by atoms with Crippen LogP contribution in [0.5, 0.6) is 0 Å². The minimum Gasteiger partial charge on any atom is -0.353 e. The highest BCUT2D eigenvalue weighted by Crippen LogP contribution is 2.16. The molecule has 8 nitrogen and oxygen atoms in total. The van der Waals surface area contributed by atoms with Crippen LogP contribution in [0.3, 0.4) is 0 Å². The molecule has 2 aliphatic heterocycles. The number of rotatable bonds is 3. The van der Waals surface area contributed by atoms with E-state index in [0.29, 0.717) is 38.5 Å². The summed E-state index contributed by atoms with van der Waals surface area (Å²) < 4.78 is 15.0. The van der Waals surface area contributed by atoms with E-state index in [1.54, 1.807) is 34.0 Å². The highest BCUT2D eigenvalue weighted by molar-refractivity contribution is 5.90. The second-order valence-corrected chi connectivity index (χ2v) is 6.72. The normalized spacial score (nSPS) is 20.1. The zero-order chi connectivity index (χ0) is 18.8. The first-order valence-corrected chi connectivity index (χ1v) is 8.94. The van der Waals surface area contributed by atoms with Crippen molar-refractivity contribution in [3.8, 4) is 0 Å². The minimum atomic E-state index is -0.311. The quantitative estimate of drug-likeness (QED) is 0.832. The third-order valence-electron chi connectivity index (χ3n) is 4.95. The Balaban J connectivity index is 1.42. The van der Waals surface area contributed by atoms with Gasteiger partial charge in [-0.05, 0) is 17.7 Å². The fourth-order valence-electron chi connectivity index (χ4n) is 3.52. The van der Waals surface area contributed by atoms with Crippen LogP contribution in [0.4, 0.5) is 15.0 Å². The number of nitrogens with one attached hydrogen (secondary N) is 2.